The number of esters is 1. The Hall–Kier alpha value is -1.09. The highest BCUT2D eigenvalue weighted by Gasteiger charge is 2.50. The Balaban J connectivity index is 1.86. The topological polar surface area (TPSA) is 46.5 Å². The number of hydrogen-bond acceptors (Lipinski definition) is 3. The van der Waals surface area contributed by atoms with E-state index >= 15 is 0 Å². The Morgan fingerprint density at radius 3 is 2.79 bits per heavy atom. The number of cyclic esters (lactones) is 1. The first-order valence-electron chi connectivity index (χ1n) is 9.60. The molecule has 1 heterocycles. The number of hydrogen-bond donors (Lipinski definition) is 1. The van der Waals surface area contributed by atoms with Crippen LogP contribution in [-0.4, -0.2) is 23.8 Å². The number of carbonyl (C=O) groups excluding carboxylic acids is 1. The van der Waals surface area contributed by atoms with Gasteiger partial charge >= 0.3 is 5.97 Å². The Morgan fingerprint density at radius 2 is 2.08 bits per heavy atom. The zero-order chi connectivity index (χ0) is 17.4. The zero-order valence-corrected chi connectivity index (χ0v) is 15.5. The van der Waals surface area contributed by atoms with Gasteiger partial charge in [0, 0.05) is 11.5 Å². The Kier molecular flexibility index (Phi) is 5.19. The van der Waals surface area contributed by atoms with Gasteiger partial charge in [-0.1, -0.05) is 25.5 Å². The molecule has 0 radical (unpaired) electrons. The molecule has 0 bridgehead atoms. The molecule has 24 heavy (non-hydrogen) atoms. The summed E-state index contributed by atoms with van der Waals surface area (Å²) in [6, 6.07) is 0. The molecule has 0 amide bonds. The third kappa shape index (κ3) is 3.61. The molecule has 6 unspecified atom stereocenters. The lowest BCUT2D eigenvalue weighted by Crippen LogP contribution is -2.31. The molecule has 2 aliphatic carbocycles. The van der Waals surface area contributed by atoms with Gasteiger partial charge in [0.15, 0.2) is 0 Å². The van der Waals surface area contributed by atoms with E-state index in [2.05, 4.69) is 33.8 Å². The number of fused-ring (bicyclic) bond motifs is 2. The fourth-order valence-corrected chi connectivity index (χ4v) is 4.90. The van der Waals surface area contributed by atoms with Crippen molar-refractivity contribution in [3.05, 3.63) is 22.8 Å². The van der Waals surface area contributed by atoms with Crippen LogP contribution in [0.1, 0.15) is 59.8 Å². The number of ether oxygens (including phenoxy) is 1. The van der Waals surface area contributed by atoms with Crippen LogP contribution >= 0.6 is 0 Å². The van der Waals surface area contributed by atoms with Crippen LogP contribution in [-0.2, 0) is 9.53 Å². The van der Waals surface area contributed by atoms with Crippen LogP contribution in [0.4, 0.5) is 0 Å². The maximum atomic E-state index is 12.3. The fourth-order valence-electron chi connectivity index (χ4n) is 4.90. The molecule has 0 aromatic heterocycles. The van der Waals surface area contributed by atoms with Gasteiger partial charge in [-0.2, -0.15) is 0 Å². The van der Waals surface area contributed by atoms with Crippen molar-refractivity contribution in [1.82, 2.24) is 0 Å². The highest BCUT2D eigenvalue weighted by atomic mass is 16.5. The van der Waals surface area contributed by atoms with E-state index in [9.17, 15) is 9.90 Å². The summed E-state index contributed by atoms with van der Waals surface area (Å²) < 4.78 is 5.41. The van der Waals surface area contributed by atoms with Crippen LogP contribution in [0.5, 0.6) is 0 Å². The predicted octanol–water partition coefficient (Wildman–Crippen LogP) is 4.27. The van der Waals surface area contributed by atoms with E-state index in [4.69, 9.17) is 4.74 Å². The second kappa shape index (κ2) is 7.03. The van der Waals surface area contributed by atoms with Crippen LogP contribution in [0.15, 0.2) is 22.8 Å². The van der Waals surface area contributed by atoms with Crippen molar-refractivity contribution in [2.45, 2.75) is 65.9 Å². The lowest BCUT2D eigenvalue weighted by molar-refractivity contribution is -0.136. The van der Waals surface area contributed by atoms with Gasteiger partial charge in [0.1, 0.15) is 6.61 Å². The first-order chi connectivity index (χ1) is 11.4. The minimum atomic E-state index is -0.362. The molecule has 6 atom stereocenters. The van der Waals surface area contributed by atoms with E-state index in [-0.39, 0.29) is 18.0 Å². The SMILES string of the molecule is CC(C)=CCCC(C)C1C2=C(C(=O)OC2)C2CC2CC(C)CC1O. The van der Waals surface area contributed by atoms with Gasteiger partial charge in [-0.25, -0.2) is 4.79 Å². The molecular weight excluding hydrogens is 300 g/mol. The highest BCUT2D eigenvalue weighted by molar-refractivity contribution is 5.93. The standard InChI is InChI=1S/C21H32O3/c1-12(2)6-5-7-14(4)19-17-11-24-21(23)20(17)16-10-15(16)8-13(3)9-18(19)22/h6,13-16,18-19,22H,5,7-11H2,1-4H3. The molecule has 0 spiro atoms. The first-order valence-corrected chi connectivity index (χ1v) is 9.60. The van der Waals surface area contributed by atoms with Crippen LogP contribution in [0.3, 0.4) is 0 Å². The fraction of sp³-hybridized carbons (Fsp3) is 0.762. The molecule has 0 aromatic rings. The van der Waals surface area contributed by atoms with Gasteiger partial charge in [0.05, 0.1) is 6.10 Å². The number of rotatable bonds is 4. The smallest absolute Gasteiger partial charge is 0.334 e. The summed E-state index contributed by atoms with van der Waals surface area (Å²) in [5, 5.41) is 11.0. The van der Waals surface area contributed by atoms with Crippen molar-refractivity contribution in [3.63, 3.8) is 0 Å². The minimum Gasteiger partial charge on any atom is -0.458 e. The summed E-state index contributed by atoms with van der Waals surface area (Å²) in [6.07, 6.45) is 7.08. The van der Waals surface area contributed by atoms with E-state index in [0.717, 1.165) is 43.3 Å². The second-order valence-corrected chi connectivity index (χ2v) is 8.62. The monoisotopic (exact) mass is 332 g/mol. The summed E-state index contributed by atoms with van der Waals surface area (Å²) in [4.78, 5) is 12.3. The largest absolute Gasteiger partial charge is 0.458 e. The molecule has 1 aliphatic heterocycles. The van der Waals surface area contributed by atoms with E-state index in [1.165, 1.54) is 5.57 Å². The van der Waals surface area contributed by atoms with Crippen LogP contribution in [0, 0.1) is 29.6 Å². The van der Waals surface area contributed by atoms with Crippen molar-refractivity contribution in [2.24, 2.45) is 29.6 Å². The molecule has 0 aromatic carbocycles. The molecule has 1 N–H and O–H groups in total. The molecule has 1 saturated carbocycles. The Labute approximate surface area is 146 Å². The van der Waals surface area contributed by atoms with Crippen LogP contribution in [0.2, 0.25) is 0 Å². The molecule has 134 valence electrons. The Morgan fingerprint density at radius 1 is 1.33 bits per heavy atom. The van der Waals surface area contributed by atoms with Crippen molar-refractivity contribution in [2.75, 3.05) is 6.61 Å². The summed E-state index contributed by atoms with van der Waals surface area (Å²) in [5.74, 6) is 1.87. The van der Waals surface area contributed by atoms with Crippen molar-refractivity contribution in [1.29, 1.82) is 0 Å². The van der Waals surface area contributed by atoms with E-state index < -0.39 is 0 Å². The first kappa shape index (κ1) is 17.7. The third-order valence-electron chi connectivity index (χ3n) is 6.17. The molecule has 3 nitrogen and oxygen atoms in total. The number of aliphatic hydroxyl groups excluding tert-OH is 1. The average Bonchev–Trinajstić information content (AvgIpc) is 3.10. The lowest BCUT2D eigenvalue weighted by Gasteiger charge is -2.31. The van der Waals surface area contributed by atoms with Crippen molar-refractivity contribution < 1.29 is 14.6 Å². The second-order valence-electron chi connectivity index (χ2n) is 8.62. The zero-order valence-electron chi connectivity index (χ0n) is 15.5. The number of allylic oxidation sites excluding steroid dienone is 2. The average molecular weight is 332 g/mol. The lowest BCUT2D eigenvalue weighted by atomic mass is 9.76. The van der Waals surface area contributed by atoms with Crippen LogP contribution < -0.4 is 0 Å². The van der Waals surface area contributed by atoms with Gasteiger partial charge in [-0.05, 0) is 75.2 Å². The molecular formula is C21H32O3. The quantitative estimate of drug-likeness (QED) is 0.618. The van der Waals surface area contributed by atoms with E-state index in [0.29, 0.717) is 30.3 Å². The van der Waals surface area contributed by atoms with Gasteiger partial charge in [-0.15, -0.1) is 0 Å². The Bertz CT molecular complexity index is 555. The summed E-state index contributed by atoms with van der Waals surface area (Å²) >= 11 is 0. The van der Waals surface area contributed by atoms with Gasteiger partial charge in [0.25, 0.3) is 0 Å². The van der Waals surface area contributed by atoms with Gasteiger partial charge in [0.2, 0.25) is 0 Å². The van der Waals surface area contributed by atoms with Crippen molar-refractivity contribution >= 4 is 5.97 Å². The van der Waals surface area contributed by atoms with Crippen LogP contribution in [0.25, 0.3) is 0 Å². The van der Waals surface area contributed by atoms with Gasteiger partial charge in [-0.3, -0.25) is 0 Å². The maximum absolute atomic E-state index is 12.3. The summed E-state index contributed by atoms with van der Waals surface area (Å²) in [6.45, 7) is 9.13. The summed E-state index contributed by atoms with van der Waals surface area (Å²) in [7, 11) is 0. The van der Waals surface area contributed by atoms with E-state index in [1.54, 1.807) is 0 Å². The molecule has 1 fully saturated rings. The van der Waals surface area contributed by atoms with Crippen molar-refractivity contribution in [3.8, 4) is 0 Å². The molecule has 3 rings (SSSR count). The number of carbonyl (C=O) groups is 1. The van der Waals surface area contributed by atoms with E-state index in [1.807, 2.05) is 0 Å². The molecule has 3 heteroatoms. The minimum absolute atomic E-state index is 0.0683. The number of aliphatic hydroxyl groups is 1. The third-order valence-corrected chi connectivity index (χ3v) is 6.17. The molecule has 3 aliphatic rings. The highest BCUT2D eigenvalue weighted by Crippen LogP contribution is 2.53. The maximum Gasteiger partial charge on any atom is 0.334 e. The van der Waals surface area contributed by atoms with Gasteiger partial charge < -0.3 is 9.84 Å². The predicted molar refractivity (Wildman–Crippen MR) is 95.3 cm³/mol. The normalized spacial score (nSPS) is 36.7. The summed E-state index contributed by atoms with van der Waals surface area (Å²) in [5.41, 5.74) is 3.40. The molecule has 0 saturated heterocycles.